The summed E-state index contributed by atoms with van der Waals surface area (Å²) in [5.41, 5.74) is 0. The minimum atomic E-state index is 0.426. The fourth-order valence-electron chi connectivity index (χ4n) is 9.27. The summed E-state index contributed by atoms with van der Waals surface area (Å²) in [6.45, 7) is 15.5. The molecule has 0 heterocycles. The summed E-state index contributed by atoms with van der Waals surface area (Å²) in [6.07, 6.45) is 56.1. The molecule has 0 aromatic heterocycles. The third-order valence-corrected chi connectivity index (χ3v) is 13.7. The molecular weight excluding hydrogens is 759 g/mol. The molecule has 0 aliphatic carbocycles. The van der Waals surface area contributed by atoms with Gasteiger partial charge in [-0.15, -0.1) is 0 Å². The van der Waals surface area contributed by atoms with Gasteiger partial charge in [-0.05, 0) is 71.5 Å². The van der Waals surface area contributed by atoms with E-state index in [1.807, 2.05) is 0 Å². The van der Waals surface area contributed by atoms with Crippen molar-refractivity contribution in [3.63, 3.8) is 0 Å². The van der Waals surface area contributed by atoms with E-state index in [-0.39, 0.29) is 0 Å². The zero-order valence-corrected chi connectivity index (χ0v) is 43.5. The lowest BCUT2D eigenvalue weighted by Gasteiger charge is -2.23. The predicted molar refractivity (Wildman–Crippen MR) is 277 cm³/mol. The van der Waals surface area contributed by atoms with Gasteiger partial charge in [0.1, 0.15) is 0 Å². The van der Waals surface area contributed by atoms with Gasteiger partial charge in [-0.2, -0.15) is 0 Å². The Bertz CT molecular complexity index is 875. The van der Waals surface area contributed by atoms with E-state index in [0.717, 1.165) is 51.9 Å². The number of nitrogens with zero attached hydrogens (tertiary/aromatic N) is 3. The first-order chi connectivity index (χ1) is 30.5. The van der Waals surface area contributed by atoms with Crippen molar-refractivity contribution in [2.75, 3.05) is 46.3 Å². The first-order valence-electron chi connectivity index (χ1n) is 28.7. The molecule has 0 unspecified atom stereocenters. The van der Waals surface area contributed by atoms with Crippen LogP contribution >= 0.6 is 0 Å². The molecule has 0 atom stereocenters. The van der Waals surface area contributed by atoms with Crippen LogP contribution < -0.4 is 0 Å². The van der Waals surface area contributed by atoms with Gasteiger partial charge in [0, 0.05) is 39.0 Å². The summed E-state index contributed by atoms with van der Waals surface area (Å²) in [5.74, 6) is 0.853. The molecule has 0 aliphatic heterocycles. The van der Waals surface area contributed by atoms with Crippen molar-refractivity contribution in [1.29, 1.82) is 0 Å². The SMILES string of the molecule is CCCCCCCCCCN(CCCCCCCCN(C)CCCCCCCC(=O)N(CCCCCCCCCC)CCCCCCCCCC)C(=O)CCCCCCCCC. The summed E-state index contributed by atoms with van der Waals surface area (Å²) < 4.78 is 0. The number of carbonyl (C=O) groups excluding carboxylic acids is 2. The molecule has 0 rings (SSSR count). The third kappa shape index (κ3) is 44.1. The van der Waals surface area contributed by atoms with Crippen LogP contribution in [0, 0.1) is 0 Å². The number of amides is 2. The molecule has 0 bridgehead atoms. The van der Waals surface area contributed by atoms with Gasteiger partial charge in [0.2, 0.25) is 11.8 Å². The van der Waals surface area contributed by atoms with Crippen molar-refractivity contribution >= 4 is 11.8 Å². The maximum absolute atomic E-state index is 13.3. The van der Waals surface area contributed by atoms with Crippen molar-refractivity contribution in [2.45, 2.75) is 310 Å². The second-order valence-corrected chi connectivity index (χ2v) is 20.0. The molecule has 0 aromatic rings. The number of carbonyl (C=O) groups is 2. The molecule has 0 N–H and O–H groups in total. The van der Waals surface area contributed by atoms with Crippen molar-refractivity contribution < 1.29 is 9.59 Å². The van der Waals surface area contributed by atoms with Gasteiger partial charge >= 0.3 is 0 Å². The zero-order chi connectivity index (χ0) is 45.2. The quantitative estimate of drug-likeness (QED) is 0.0572. The van der Waals surface area contributed by atoms with Crippen LogP contribution in [-0.2, 0) is 9.59 Å². The lowest BCUT2D eigenvalue weighted by molar-refractivity contribution is -0.132. The van der Waals surface area contributed by atoms with E-state index >= 15 is 0 Å². The molecule has 0 spiro atoms. The van der Waals surface area contributed by atoms with Crippen molar-refractivity contribution in [3.8, 4) is 0 Å². The molecule has 0 aromatic carbocycles. The van der Waals surface area contributed by atoms with Crippen LogP contribution in [0.1, 0.15) is 310 Å². The molecule has 62 heavy (non-hydrogen) atoms. The Morgan fingerprint density at radius 1 is 0.242 bits per heavy atom. The molecule has 2 amide bonds. The van der Waals surface area contributed by atoms with Gasteiger partial charge in [0.25, 0.3) is 0 Å². The maximum Gasteiger partial charge on any atom is 0.222 e. The molecule has 0 radical (unpaired) electrons. The highest BCUT2D eigenvalue weighted by Gasteiger charge is 2.14. The van der Waals surface area contributed by atoms with Crippen LogP contribution in [0.2, 0.25) is 0 Å². The Balaban J connectivity index is 4.21. The largest absolute Gasteiger partial charge is 0.343 e. The van der Waals surface area contributed by atoms with E-state index < -0.39 is 0 Å². The van der Waals surface area contributed by atoms with Gasteiger partial charge in [0.05, 0.1) is 0 Å². The number of unbranched alkanes of at least 4 members (excludes halogenated alkanes) is 36. The minimum absolute atomic E-state index is 0.426. The molecular formula is C57H115N3O2. The maximum atomic E-state index is 13.3. The summed E-state index contributed by atoms with van der Waals surface area (Å²) in [6, 6.07) is 0. The van der Waals surface area contributed by atoms with E-state index in [1.54, 1.807) is 0 Å². The van der Waals surface area contributed by atoms with Crippen molar-refractivity contribution in [2.24, 2.45) is 0 Å². The highest BCUT2D eigenvalue weighted by Crippen LogP contribution is 2.16. The highest BCUT2D eigenvalue weighted by atomic mass is 16.2. The van der Waals surface area contributed by atoms with Gasteiger partial charge in [-0.1, -0.05) is 246 Å². The van der Waals surface area contributed by atoms with Gasteiger partial charge in [0.15, 0.2) is 0 Å². The summed E-state index contributed by atoms with van der Waals surface area (Å²) >= 11 is 0. The molecule has 370 valence electrons. The summed E-state index contributed by atoms with van der Waals surface area (Å²) in [7, 11) is 2.30. The topological polar surface area (TPSA) is 43.9 Å². The van der Waals surface area contributed by atoms with Gasteiger partial charge in [-0.25, -0.2) is 0 Å². The van der Waals surface area contributed by atoms with Crippen molar-refractivity contribution in [1.82, 2.24) is 14.7 Å². The van der Waals surface area contributed by atoms with Gasteiger partial charge in [-0.3, -0.25) is 9.59 Å². The Kier molecular flexibility index (Phi) is 50.0. The second-order valence-electron chi connectivity index (χ2n) is 20.0. The lowest BCUT2D eigenvalue weighted by Crippen LogP contribution is -2.32. The summed E-state index contributed by atoms with van der Waals surface area (Å²) in [4.78, 5) is 33.6. The fraction of sp³-hybridized carbons (Fsp3) is 0.965. The standard InChI is InChI=1S/C57H115N3O2/c1-6-10-14-18-22-26-36-44-52-59(53-45-37-27-23-19-15-11-7-2)57(62)49-41-33-31-35-43-51-58(5)50-42-34-29-30-39-47-55-60(54-46-38-28-24-20-16-12-8-3)56(61)48-40-32-25-21-17-13-9-4/h6-55H2,1-5H3. The van der Waals surface area contributed by atoms with E-state index in [1.165, 1.54) is 270 Å². The molecule has 0 saturated carbocycles. The van der Waals surface area contributed by atoms with E-state index in [4.69, 9.17) is 0 Å². The minimum Gasteiger partial charge on any atom is -0.343 e. The van der Waals surface area contributed by atoms with Crippen molar-refractivity contribution in [3.05, 3.63) is 0 Å². The van der Waals surface area contributed by atoms with E-state index in [9.17, 15) is 9.59 Å². The molecule has 5 nitrogen and oxygen atoms in total. The second kappa shape index (κ2) is 50.9. The molecule has 5 heteroatoms. The van der Waals surface area contributed by atoms with Crippen LogP contribution in [-0.4, -0.2) is 72.8 Å². The molecule has 0 fully saturated rings. The van der Waals surface area contributed by atoms with Crippen LogP contribution in [0.15, 0.2) is 0 Å². The predicted octanol–water partition coefficient (Wildman–Crippen LogP) is 17.8. The smallest absolute Gasteiger partial charge is 0.222 e. The Hall–Kier alpha value is -1.10. The Morgan fingerprint density at radius 2 is 0.419 bits per heavy atom. The van der Waals surface area contributed by atoms with Gasteiger partial charge < -0.3 is 14.7 Å². The number of hydrogen-bond donors (Lipinski definition) is 0. The average Bonchev–Trinajstić information content (AvgIpc) is 3.27. The lowest BCUT2D eigenvalue weighted by atomic mass is 10.1. The van der Waals surface area contributed by atoms with Crippen LogP contribution in [0.5, 0.6) is 0 Å². The van der Waals surface area contributed by atoms with Crippen LogP contribution in [0.25, 0.3) is 0 Å². The Morgan fingerprint density at radius 3 is 0.645 bits per heavy atom. The van der Waals surface area contributed by atoms with Crippen LogP contribution in [0.4, 0.5) is 0 Å². The van der Waals surface area contributed by atoms with E-state index in [0.29, 0.717) is 11.8 Å². The number of rotatable bonds is 52. The van der Waals surface area contributed by atoms with Crippen LogP contribution in [0.3, 0.4) is 0 Å². The average molecular weight is 875 g/mol. The first kappa shape index (κ1) is 60.9. The summed E-state index contributed by atoms with van der Waals surface area (Å²) in [5, 5.41) is 0. The molecule has 0 saturated heterocycles. The molecule has 0 aliphatic rings. The Labute approximate surface area is 391 Å². The highest BCUT2D eigenvalue weighted by molar-refractivity contribution is 5.76. The number of hydrogen-bond acceptors (Lipinski definition) is 3. The zero-order valence-electron chi connectivity index (χ0n) is 43.5. The normalized spacial score (nSPS) is 11.6. The third-order valence-electron chi connectivity index (χ3n) is 13.7. The fourth-order valence-corrected chi connectivity index (χ4v) is 9.27. The first-order valence-corrected chi connectivity index (χ1v) is 28.7. The monoisotopic (exact) mass is 874 g/mol. The van der Waals surface area contributed by atoms with E-state index in [2.05, 4.69) is 49.4 Å².